The predicted octanol–water partition coefficient (Wildman–Crippen LogP) is 3.17. The van der Waals surface area contributed by atoms with Gasteiger partial charge in [0.25, 0.3) is 0 Å². The fraction of sp³-hybridized carbons (Fsp3) is 0.0500. The summed E-state index contributed by atoms with van der Waals surface area (Å²) in [6, 6.07) is 21.1. The van der Waals surface area contributed by atoms with Crippen molar-refractivity contribution in [2.75, 3.05) is 0 Å². The number of hydrogen-bond acceptors (Lipinski definition) is 6. The second kappa shape index (κ2) is 6.46. The molecule has 122 valence electrons. The average molecular weight is 337 g/mol. The zero-order valence-corrected chi connectivity index (χ0v) is 13.5. The largest absolute Gasteiger partial charge is 0.390 e. The van der Waals surface area contributed by atoms with Crippen LogP contribution in [0.5, 0.6) is 0 Å². The lowest BCUT2D eigenvalue weighted by Gasteiger charge is -2.03. The van der Waals surface area contributed by atoms with Gasteiger partial charge in [-0.3, -0.25) is 0 Å². The molecule has 0 saturated heterocycles. The molecular weight excluding hydrogens is 326 g/mol. The maximum atomic E-state index is 9.23. The Hall–Kier alpha value is -4.03. The molecule has 0 bridgehead atoms. The molecule has 6 nitrogen and oxygen atoms in total. The molecule has 26 heavy (non-hydrogen) atoms. The Bertz CT molecular complexity index is 1110. The first kappa shape index (κ1) is 15.5. The quantitative estimate of drug-likeness (QED) is 0.535. The summed E-state index contributed by atoms with van der Waals surface area (Å²) >= 11 is 0. The van der Waals surface area contributed by atoms with E-state index in [1.165, 1.54) is 0 Å². The fourth-order valence-corrected chi connectivity index (χ4v) is 2.81. The van der Waals surface area contributed by atoms with Crippen LogP contribution in [-0.2, 0) is 11.4 Å². The summed E-state index contributed by atoms with van der Waals surface area (Å²) in [4.78, 5) is 14.1. The van der Waals surface area contributed by atoms with Gasteiger partial charge in [-0.2, -0.15) is 10.5 Å². The predicted molar refractivity (Wildman–Crippen MR) is 93.8 cm³/mol. The molecular formula is C20H11N5O. The first-order valence-corrected chi connectivity index (χ1v) is 7.88. The van der Waals surface area contributed by atoms with Crippen molar-refractivity contribution in [3.63, 3.8) is 0 Å². The van der Waals surface area contributed by atoms with E-state index in [-0.39, 0.29) is 11.4 Å². The standard InChI is InChI=1S/C20H11N5O/c21-10-16-17(11-22)24-20-18(23-16)14-8-4-5-9-15(14)19(20)25-26-12-13-6-2-1-3-7-13/h1-9H,12H2. The van der Waals surface area contributed by atoms with Crippen LogP contribution in [0.25, 0.3) is 11.3 Å². The molecule has 0 N–H and O–H groups in total. The molecule has 4 rings (SSSR count). The molecule has 0 spiro atoms. The van der Waals surface area contributed by atoms with Gasteiger partial charge < -0.3 is 4.84 Å². The lowest BCUT2D eigenvalue weighted by atomic mass is 10.1. The Morgan fingerprint density at radius 1 is 0.808 bits per heavy atom. The van der Waals surface area contributed by atoms with Crippen molar-refractivity contribution in [1.82, 2.24) is 9.97 Å². The molecule has 0 aliphatic heterocycles. The highest BCUT2D eigenvalue weighted by Gasteiger charge is 2.30. The second-order valence-corrected chi connectivity index (χ2v) is 5.59. The number of nitriles is 2. The van der Waals surface area contributed by atoms with E-state index in [9.17, 15) is 10.5 Å². The summed E-state index contributed by atoms with van der Waals surface area (Å²) in [5, 5.41) is 22.7. The van der Waals surface area contributed by atoms with E-state index in [1.807, 2.05) is 66.7 Å². The van der Waals surface area contributed by atoms with Crippen molar-refractivity contribution < 1.29 is 4.84 Å². The molecule has 2 aromatic carbocycles. The average Bonchev–Trinajstić information content (AvgIpc) is 3.01. The van der Waals surface area contributed by atoms with Crippen LogP contribution in [-0.4, -0.2) is 15.7 Å². The molecule has 3 aromatic rings. The van der Waals surface area contributed by atoms with Crippen molar-refractivity contribution in [3.8, 4) is 23.4 Å². The van der Waals surface area contributed by atoms with Gasteiger partial charge in [-0.1, -0.05) is 59.8 Å². The van der Waals surface area contributed by atoms with Gasteiger partial charge in [-0.25, -0.2) is 9.97 Å². The number of rotatable bonds is 3. The van der Waals surface area contributed by atoms with Gasteiger partial charge in [-0.15, -0.1) is 0 Å². The summed E-state index contributed by atoms with van der Waals surface area (Å²) in [7, 11) is 0. The SMILES string of the molecule is N#Cc1nc2c(nc1C#N)-c1ccccc1C2=NOCc1ccccc1. The minimum absolute atomic E-state index is 0.00695. The zero-order chi connectivity index (χ0) is 17.9. The van der Waals surface area contributed by atoms with Crippen LogP contribution >= 0.6 is 0 Å². The fourth-order valence-electron chi connectivity index (χ4n) is 2.81. The first-order valence-electron chi connectivity index (χ1n) is 7.88. The molecule has 0 radical (unpaired) electrons. The molecule has 0 atom stereocenters. The number of oxime groups is 1. The van der Waals surface area contributed by atoms with Gasteiger partial charge in [-0.05, 0) is 5.56 Å². The van der Waals surface area contributed by atoms with E-state index in [1.54, 1.807) is 0 Å². The Morgan fingerprint density at radius 3 is 2.12 bits per heavy atom. The van der Waals surface area contributed by atoms with E-state index in [0.717, 1.165) is 16.7 Å². The normalized spacial score (nSPS) is 12.8. The summed E-state index contributed by atoms with van der Waals surface area (Å²) in [5.74, 6) is 0. The van der Waals surface area contributed by atoms with Crippen LogP contribution < -0.4 is 0 Å². The molecule has 6 heteroatoms. The molecule has 0 saturated carbocycles. The van der Waals surface area contributed by atoms with Crippen LogP contribution in [0.4, 0.5) is 0 Å². The van der Waals surface area contributed by atoms with E-state index < -0.39 is 0 Å². The summed E-state index contributed by atoms with van der Waals surface area (Å²) in [5.41, 5.74) is 4.12. The Kier molecular flexibility index (Phi) is 3.85. The number of benzene rings is 2. The van der Waals surface area contributed by atoms with Crippen molar-refractivity contribution in [2.45, 2.75) is 6.61 Å². The van der Waals surface area contributed by atoms with Crippen molar-refractivity contribution >= 4 is 5.71 Å². The molecule has 1 heterocycles. The van der Waals surface area contributed by atoms with E-state index in [0.29, 0.717) is 23.7 Å². The third-order valence-electron chi connectivity index (χ3n) is 4.00. The number of aromatic nitrogens is 2. The number of fused-ring (bicyclic) bond motifs is 3. The second-order valence-electron chi connectivity index (χ2n) is 5.59. The Labute approximate surface area is 149 Å². The number of nitrogens with zero attached hydrogens (tertiary/aromatic N) is 5. The van der Waals surface area contributed by atoms with Crippen LogP contribution in [0.1, 0.15) is 28.2 Å². The molecule has 0 unspecified atom stereocenters. The monoisotopic (exact) mass is 337 g/mol. The van der Waals surface area contributed by atoms with Crippen LogP contribution in [0.2, 0.25) is 0 Å². The third kappa shape index (κ3) is 2.56. The minimum Gasteiger partial charge on any atom is -0.390 e. The smallest absolute Gasteiger partial charge is 0.177 e. The number of hydrogen-bond donors (Lipinski definition) is 0. The van der Waals surface area contributed by atoms with Gasteiger partial charge in [0.05, 0.1) is 0 Å². The van der Waals surface area contributed by atoms with Gasteiger partial charge in [0.15, 0.2) is 11.4 Å². The summed E-state index contributed by atoms with van der Waals surface area (Å²) < 4.78 is 0. The summed E-state index contributed by atoms with van der Waals surface area (Å²) in [6.07, 6.45) is 0. The van der Waals surface area contributed by atoms with Crippen LogP contribution in [0.3, 0.4) is 0 Å². The molecule has 0 fully saturated rings. The van der Waals surface area contributed by atoms with Crippen LogP contribution in [0.15, 0.2) is 59.8 Å². The maximum absolute atomic E-state index is 9.23. The Morgan fingerprint density at radius 2 is 1.42 bits per heavy atom. The highest BCUT2D eigenvalue weighted by Crippen LogP contribution is 2.35. The molecule has 1 aromatic heterocycles. The topological polar surface area (TPSA) is 95.0 Å². The van der Waals surface area contributed by atoms with E-state index >= 15 is 0 Å². The van der Waals surface area contributed by atoms with Gasteiger partial charge >= 0.3 is 0 Å². The maximum Gasteiger partial charge on any atom is 0.177 e. The van der Waals surface area contributed by atoms with Gasteiger partial charge in [0.2, 0.25) is 0 Å². The highest BCUT2D eigenvalue weighted by molar-refractivity contribution is 6.22. The molecule has 0 amide bonds. The van der Waals surface area contributed by atoms with Crippen molar-refractivity contribution in [2.24, 2.45) is 5.16 Å². The van der Waals surface area contributed by atoms with E-state index in [2.05, 4.69) is 15.1 Å². The molecule has 1 aliphatic rings. The minimum atomic E-state index is -0.0187. The van der Waals surface area contributed by atoms with Crippen LogP contribution in [0, 0.1) is 22.7 Å². The first-order chi connectivity index (χ1) is 12.8. The highest BCUT2D eigenvalue weighted by atomic mass is 16.6. The van der Waals surface area contributed by atoms with Gasteiger partial charge in [0, 0.05) is 11.1 Å². The lowest BCUT2D eigenvalue weighted by Crippen LogP contribution is -2.06. The summed E-state index contributed by atoms with van der Waals surface area (Å²) in [6.45, 7) is 0.316. The third-order valence-corrected chi connectivity index (χ3v) is 4.00. The lowest BCUT2D eigenvalue weighted by molar-refractivity contribution is 0.131. The van der Waals surface area contributed by atoms with Gasteiger partial charge in [0.1, 0.15) is 35.8 Å². The van der Waals surface area contributed by atoms with Crippen molar-refractivity contribution in [3.05, 3.63) is 82.8 Å². The van der Waals surface area contributed by atoms with Crippen molar-refractivity contribution in [1.29, 1.82) is 10.5 Å². The zero-order valence-electron chi connectivity index (χ0n) is 13.5. The van der Waals surface area contributed by atoms with E-state index in [4.69, 9.17) is 4.84 Å². The Balaban J connectivity index is 1.78. The molecule has 1 aliphatic carbocycles.